The number of carboxylic acid groups (broad SMARTS) is 1. The number of aromatic nitrogens is 12. The van der Waals surface area contributed by atoms with Gasteiger partial charge >= 0.3 is 5.97 Å². The van der Waals surface area contributed by atoms with E-state index in [1.165, 1.54) is 32.4 Å². The first-order valence-corrected chi connectivity index (χ1v) is 37.4. The van der Waals surface area contributed by atoms with E-state index >= 15 is 0 Å². The third kappa shape index (κ3) is 28.0. The smallest absolute Gasteiger partial charge is 0.320 e. The van der Waals surface area contributed by atoms with Gasteiger partial charge in [-0.2, -0.15) is 15.4 Å². The molecule has 0 spiro atoms. The third-order valence-electron chi connectivity index (χ3n) is 18.8. The van der Waals surface area contributed by atoms with Crippen LogP contribution in [0.15, 0.2) is 18.6 Å². The van der Waals surface area contributed by atoms with Crippen LogP contribution in [0.5, 0.6) is 0 Å². The third-order valence-corrected chi connectivity index (χ3v) is 18.8. The van der Waals surface area contributed by atoms with Gasteiger partial charge in [0.05, 0.1) is 154 Å². The summed E-state index contributed by atoms with van der Waals surface area (Å²) < 4.78 is 73.4. The molecule has 4 aromatic rings. The van der Waals surface area contributed by atoms with Crippen molar-refractivity contribution in [2.45, 2.75) is 228 Å². The number of aliphatic hydroxyl groups is 12. The van der Waals surface area contributed by atoms with E-state index in [1.54, 1.807) is 32.9 Å². The van der Waals surface area contributed by atoms with Crippen molar-refractivity contribution in [3.05, 3.63) is 47.1 Å². The molecule has 0 radical (unpaired) electrons. The van der Waals surface area contributed by atoms with Crippen molar-refractivity contribution in [3.8, 4) is 0 Å². The number of aliphatic carboxylic acids is 1. The van der Waals surface area contributed by atoms with Gasteiger partial charge in [-0.05, 0) is 19.4 Å². The monoisotopic (exact) mass is 1630 g/mol. The van der Waals surface area contributed by atoms with Gasteiger partial charge in [0.2, 0.25) is 23.6 Å². The minimum absolute atomic E-state index is 0.00740. The Morgan fingerprint density at radius 2 is 0.763 bits per heavy atom. The standard InChI is InChI=1S/C66H110N18O30/c1-36(89)67-50-58(97)54(93)46(32-85)111-63(50)107-21-17-103-13-8-43-44(75-76-74-43)31-81(27-42-30-84(79-73-42)12-16-106-20-24-110-66-53(70-39(4)92)61(100)57(96)49(35-88)114-66)45(62(101)102)7-5-6-9-80(25-40-28-82(77-71-40)10-14-104-18-22-108-64-51(68-37(2)90)59(98)55(94)47(33-86)112-64)26-41-29-83(78-72-41)11-15-105-19-23-109-65-52(69-38(3)91)60(99)56(95)48(34-87)113-65/h28-30,45-61,63-66,85-88,93-100H,5-27,31-35H2,1-4H3,(H,67,89)(H,68,90)(H,69,91)(H,70,92)(H,101,102)(H,74,75,76)/t45-,46?,47?,48?,49?,50?,51?,52?,53?,54?,55?,56?,57?,58?,59?,60?,61?,63?,64?,65?,66?/m1/s1. The molecule has 21 atom stereocenters. The molecule has 18 N–H and O–H groups in total. The number of hydrogen-bond donors (Lipinski definition) is 18. The molecule has 20 unspecified atom stereocenters. The van der Waals surface area contributed by atoms with Gasteiger partial charge in [-0.3, -0.25) is 33.8 Å². The van der Waals surface area contributed by atoms with Crippen LogP contribution in [0.3, 0.4) is 0 Å². The van der Waals surface area contributed by atoms with Crippen molar-refractivity contribution >= 4 is 29.6 Å². The zero-order valence-electron chi connectivity index (χ0n) is 63.7. The molecule has 0 aromatic carbocycles. The van der Waals surface area contributed by atoms with Gasteiger partial charge in [0.25, 0.3) is 0 Å². The van der Waals surface area contributed by atoms with E-state index in [2.05, 4.69) is 67.6 Å². The number of aliphatic hydroxyl groups excluding tert-OH is 12. The van der Waals surface area contributed by atoms with Gasteiger partial charge in [0.15, 0.2) is 25.2 Å². The fourth-order valence-corrected chi connectivity index (χ4v) is 13.0. The number of amides is 4. The van der Waals surface area contributed by atoms with E-state index in [4.69, 9.17) is 56.8 Å². The number of nitrogens with zero attached hydrogens (tertiary/aromatic N) is 13. The Morgan fingerprint density at radius 1 is 0.439 bits per heavy atom. The molecule has 8 heterocycles. The van der Waals surface area contributed by atoms with Crippen molar-refractivity contribution in [1.82, 2.24) is 91.5 Å². The summed E-state index contributed by atoms with van der Waals surface area (Å²) in [7, 11) is 0. The van der Waals surface area contributed by atoms with Crippen LogP contribution in [0.1, 0.15) is 75.4 Å². The van der Waals surface area contributed by atoms with Crippen LogP contribution in [-0.2, 0) is 133 Å². The second kappa shape index (κ2) is 47.3. The van der Waals surface area contributed by atoms with Gasteiger partial charge in [-0.1, -0.05) is 22.1 Å². The van der Waals surface area contributed by atoms with E-state index in [1.807, 2.05) is 4.90 Å². The largest absolute Gasteiger partial charge is 0.480 e. The molecule has 4 aliphatic rings. The second-order valence-corrected chi connectivity index (χ2v) is 27.5. The highest BCUT2D eigenvalue weighted by molar-refractivity contribution is 5.75. The predicted octanol–water partition coefficient (Wildman–Crippen LogP) is -10.6. The number of ether oxygens (including phenoxy) is 12. The van der Waals surface area contributed by atoms with Crippen LogP contribution in [-0.4, -0.2) is 407 Å². The maximum absolute atomic E-state index is 13.6. The fraction of sp³-hybridized carbons (Fsp3) is 0.803. The molecule has 4 aliphatic heterocycles. The molecule has 114 heavy (non-hydrogen) atoms. The lowest BCUT2D eigenvalue weighted by Gasteiger charge is -2.42. The molecular weight excluding hydrogens is 1520 g/mol. The summed E-state index contributed by atoms with van der Waals surface area (Å²) >= 11 is 0. The number of H-pyrrole nitrogens is 1. The average Bonchev–Trinajstić information content (AvgIpc) is 1.33. The summed E-state index contributed by atoms with van der Waals surface area (Å²) in [6, 6.07) is -5.72. The van der Waals surface area contributed by atoms with E-state index in [0.717, 1.165) is 0 Å². The Kier molecular flexibility index (Phi) is 38.3. The van der Waals surface area contributed by atoms with Crippen LogP contribution >= 0.6 is 0 Å². The maximum Gasteiger partial charge on any atom is 0.320 e. The van der Waals surface area contributed by atoms with Crippen molar-refractivity contribution in [2.75, 3.05) is 112 Å². The molecule has 0 bridgehead atoms. The lowest BCUT2D eigenvalue weighted by atomic mass is 9.97. The summed E-state index contributed by atoms with van der Waals surface area (Å²) in [5.41, 5.74) is 2.32. The topological polar surface area (TPSA) is 647 Å². The molecule has 48 heteroatoms. The minimum Gasteiger partial charge on any atom is -0.480 e. The number of carboxylic acids is 1. The highest BCUT2D eigenvalue weighted by atomic mass is 16.7. The summed E-state index contributed by atoms with van der Waals surface area (Å²) in [6.07, 6.45) is -15.3. The van der Waals surface area contributed by atoms with Crippen molar-refractivity contribution in [3.63, 3.8) is 0 Å². The number of rotatable bonds is 51. The van der Waals surface area contributed by atoms with Gasteiger partial charge in [0, 0.05) is 78.9 Å². The highest BCUT2D eigenvalue weighted by Gasteiger charge is 2.49. The quantitative estimate of drug-likeness (QED) is 0.0183. The van der Waals surface area contributed by atoms with Gasteiger partial charge in [-0.15, -0.1) is 15.3 Å². The minimum atomic E-state index is -1.52. The molecular formula is C66H110N18O30. The first-order valence-electron chi connectivity index (χ1n) is 37.4. The fourth-order valence-electron chi connectivity index (χ4n) is 13.0. The molecule has 8 rings (SSSR count). The molecule has 4 saturated heterocycles. The second-order valence-electron chi connectivity index (χ2n) is 27.5. The number of carbonyl (C=O) groups excluding carboxylic acids is 4. The predicted molar refractivity (Wildman–Crippen MR) is 377 cm³/mol. The number of nitrogens with one attached hydrogen (secondary N) is 5. The summed E-state index contributed by atoms with van der Waals surface area (Å²) in [4.78, 5) is 65.0. The van der Waals surface area contributed by atoms with Crippen LogP contribution in [0.2, 0.25) is 0 Å². The molecule has 0 aliphatic carbocycles. The lowest BCUT2D eigenvalue weighted by molar-refractivity contribution is -0.272. The van der Waals surface area contributed by atoms with Crippen LogP contribution in [0.25, 0.3) is 0 Å². The number of unbranched alkanes of at least 4 members (excludes halogenated alkanes) is 1. The summed E-state index contributed by atoms with van der Waals surface area (Å²) in [6.45, 7) is 4.09. The van der Waals surface area contributed by atoms with E-state index in [0.29, 0.717) is 47.9 Å². The van der Waals surface area contributed by atoms with Gasteiger partial charge in [-0.25, -0.2) is 14.0 Å². The summed E-state index contributed by atoms with van der Waals surface area (Å²) in [5, 5.41) is 182. The molecule has 4 fully saturated rings. The Morgan fingerprint density at radius 3 is 1.09 bits per heavy atom. The van der Waals surface area contributed by atoms with Crippen LogP contribution in [0, 0.1) is 0 Å². The average molecular weight is 1640 g/mol. The molecule has 4 amide bonds. The SMILES string of the molecule is CC(=O)NC1C(OCCOCCc2n[nH]nc2CN(Cc2cn(CCOCCOC3OC(CO)C(O)C(O)C3NC(C)=O)nn2)[C@H](CCCCN(Cc2cn(CCOCCOC3OC(CO)C(O)C(O)C3NC(C)=O)nn2)Cc2cn(CCOCCOC3OC(CO)C(O)C(O)C3NC(C)=O)nn2)C(=O)O)OC(CO)C(O)C1O. The van der Waals surface area contributed by atoms with Crippen molar-refractivity contribution in [2.24, 2.45) is 0 Å². The first-order chi connectivity index (χ1) is 54.8. The zero-order valence-corrected chi connectivity index (χ0v) is 63.7. The Balaban J connectivity index is 0.904. The van der Waals surface area contributed by atoms with Crippen molar-refractivity contribution < 1.29 is 147 Å². The number of carbonyl (C=O) groups is 5. The van der Waals surface area contributed by atoms with Gasteiger partial charge < -0.3 is 144 Å². The summed E-state index contributed by atoms with van der Waals surface area (Å²) in [5.74, 6) is -3.21. The Hall–Kier alpha value is -7.13. The highest BCUT2D eigenvalue weighted by Crippen LogP contribution is 2.28. The molecule has 48 nitrogen and oxygen atoms in total. The number of aromatic amines is 1. The van der Waals surface area contributed by atoms with E-state index in [9.17, 15) is 90.4 Å². The molecule has 4 aromatic heterocycles. The maximum atomic E-state index is 13.6. The molecule has 644 valence electrons. The van der Waals surface area contributed by atoms with Gasteiger partial charge in [0.1, 0.15) is 103 Å². The Labute approximate surface area is 653 Å². The number of hydrogen-bond acceptors (Lipinski definition) is 39. The Bertz CT molecular complexity index is 3390. The zero-order chi connectivity index (χ0) is 82.4. The first kappa shape index (κ1) is 92.4. The van der Waals surface area contributed by atoms with E-state index < -0.39 is 185 Å². The lowest BCUT2D eigenvalue weighted by Crippen LogP contribution is -2.64. The van der Waals surface area contributed by atoms with E-state index in [-0.39, 0.29) is 138 Å². The van der Waals surface area contributed by atoms with Crippen LogP contribution in [0.4, 0.5) is 0 Å². The normalized spacial score (nSPS) is 28.2. The van der Waals surface area contributed by atoms with Crippen molar-refractivity contribution in [1.29, 1.82) is 0 Å². The van der Waals surface area contributed by atoms with Crippen LogP contribution < -0.4 is 21.3 Å². The molecule has 0 saturated carbocycles.